The zero-order valence-electron chi connectivity index (χ0n) is 13.9. The number of likely N-dealkylation sites (tertiary alicyclic amines) is 1. The predicted molar refractivity (Wildman–Crippen MR) is 95.1 cm³/mol. The van der Waals surface area contributed by atoms with E-state index in [0.29, 0.717) is 23.8 Å². The molecule has 24 heavy (non-hydrogen) atoms. The summed E-state index contributed by atoms with van der Waals surface area (Å²) in [5.41, 5.74) is 2.39. The minimum Gasteiger partial charge on any atom is -0.324 e. The number of rotatable bonds is 5. The highest BCUT2D eigenvalue weighted by molar-refractivity contribution is 6.04. The number of carbonyl (C=O) groups is 2. The Kier molecular flexibility index (Phi) is 5.06. The molecule has 1 N–H and O–H groups in total. The quantitative estimate of drug-likeness (QED) is 0.855. The molecule has 4 heteroatoms. The lowest BCUT2D eigenvalue weighted by molar-refractivity contribution is -0.117. The van der Waals surface area contributed by atoms with Crippen molar-refractivity contribution in [2.75, 3.05) is 18.4 Å². The van der Waals surface area contributed by atoms with E-state index in [9.17, 15) is 9.59 Å². The highest BCUT2D eigenvalue weighted by Crippen LogP contribution is 2.31. The van der Waals surface area contributed by atoms with Gasteiger partial charge in [0, 0.05) is 11.6 Å². The number of nitrogens with one attached hydrogen (secondary N) is 1. The smallest absolute Gasteiger partial charge is 0.238 e. The Morgan fingerprint density at radius 2 is 1.79 bits per heavy atom. The second-order valence-corrected chi connectivity index (χ2v) is 6.19. The van der Waals surface area contributed by atoms with Crippen molar-refractivity contribution in [2.24, 2.45) is 0 Å². The van der Waals surface area contributed by atoms with Crippen LogP contribution >= 0.6 is 0 Å². The van der Waals surface area contributed by atoms with E-state index in [1.807, 2.05) is 24.3 Å². The zero-order valence-corrected chi connectivity index (χ0v) is 13.9. The number of carbonyl (C=O) groups excluding carboxylic acids is 2. The van der Waals surface area contributed by atoms with E-state index in [4.69, 9.17) is 0 Å². The lowest BCUT2D eigenvalue weighted by Gasteiger charge is -2.24. The van der Waals surface area contributed by atoms with E-state index in [1.165, 1.54) is 12.5 Å². The number of Topliss-reactive ketones (excluding diaryl/α,β-unsaturated/α-hetero) is 1. The average Bonchev–Trinajstić information content (AvgIpc) is 3.04. The molecule has 2 aromatic rings. The van der Waals surface area contributed by atoms with E-state index in [2.05, 4.69) is 22.3 Å². The first-order valence-electron chi connectivity index (χ1n) is 8.34. The summed E-state index contributed by atoms with van der Waals surface area (Å²) in [5, 5.41) is 2.89. The van der Waals surface area contributed by atoms with Crippen molar-refractivity contribution in [1.29, 1.82) is 0 Å². The summed E-state index contributed by atoms with van der Waals surface area (Å²) in [4.78, 5) is 26.3. The summed E-state index contributed by atoms with van der Waals surface area (Å²) in [7, 11) is 0. The van der Waals surface area contributed by atoms with E-state index >= 15 is 0 Å². The maximum atomic E-state index is 12.5. The van der Waals surface area contributed by atoms with Gasteiger partial charge in [0.2, 0.25) is 5.91 Å². The average molecular weight is 322 g/mol. The lowest BCUT2D eigenvalue weighted by Crippen LogP contribution is -2.33. The standard InChI is InChI=1S/C20H22N2O2/c1-15(23)17-10-5-6-11-18(17)21-20(24)14-22-13-7-12-19(22)16-8-3-2-4-9-16/h2-6,8-11,19H,7,12-14H2,1H3,(H,21,24). The van der Waals surface area contributed by atoms with Gasteiger partial charge < -0.3 is 5.32 Å². The van der Waals surface area contributed by atoms with Gasteiger partial charge in [-0.05, 0) is 44.0 Å². The van der Waals surface area contributed by atoms with E-state index in [0.717, 1.165) is 19.4 Å². The summed E-state index contributed by atoms with van der Waals surface area (Å²) in [6.45, 7) is 2.77. The SMILES string of the molecule is CC(=O)c1ccccc1NC(=O)CN1CCCC1c1ccccc1. The zero-order chi connectivity index (χ0) is 16.9. The third-order valence-corrected chi connectivity index (χ3v) is 4.48. The Labute approximate surface area is 142 Å². The summed E-state index contributed by atoms with van der Waals surface area (Å²) < 4.78 is 0. The molecule has 2 aromatic carbocycles. The van der Waals surface area contributed by atoms with Gasteiger partial charge in [0.15, 0.2) is 5.78 Å². The molecule has 0 radical (unpaired) electrons. The fraction of sp³-hybridized carbons (Fsp3) is 0.300. The molecule has 1 aliphatic rings. The summed E-state index contributed by atoms with van der Waals surface area (Å²) in [5.74, 6) is -0.124. The topological polar surface area (TPSA) is 49.4 Å². The fourth-order valence-corrected chi connectivity index (χ4v) is 3.34. The van der Waals surface area contributed by atoms with Crippen molar-refractivity contribution in [2.45, 2.75) is 25.8 Å². The molecule has 1 fully saturated rings. The Morgan fingerprint density at radius 3 is 2.54 bits per heavy atom. The molecule has 0 aromatic heterocycles. The molecule has 1 heterocycles. The van der Waals surface area contributed by atoms with E-state index in [-0.39, 0.29) is 11.7 Å². The second kappa shape index (κ2) is 7.41. The minimum absolute atomic E-state index is 0.0470. The molecule has 0 saturated carbocycles. The van der Waals surface area contributed by atoms with Crippen molar-refractivity contribution >= 4 is 17.4 Å². The highest BCUT2D eigenvalue weighted by Gasteiger charge is 2.27. The monoisotopic (exact) mass is 322 g/mol. The highest BCUT2D eigenvalue weighted by atomic mass is 16.2. The predicted octanol–water partition coefficient (Wildman–Crippen LogP) is 3.66. The summed E-state index contributed by atoms with van der Waals surface area (Å²) in [6, 6.07) is 17.7. The molecular formula is C20H22N2O2. The molecule has 1 amide bonds. The van der Waals surface area contributed by atoms with E-state index in [1.54, 1.807) is 18.2 Å². The number of anilines is 1. The minimum atomic E-state index is -0.0773. The molecule has 4 nitrogen and oxygen atoms in total. The van der Waals surface area contributed by atoms with Crippen LogP contribution in [0.5, 0.6) is 0 Å². The van der Waals surface area contributed by atoms with Crippen LogP contribution in [0, 0.1) is 0 Å². The molecule has 124 valence electrons. The molecule has 0 aliphatic carbocycles. The van der Waals surface area contributed by atoms with E-state index < -0.39 is 0 Å². The first-order chi connectivity index (χ1) is 11.6. The van der Waals surface area contributed by atoms with Gasteiger partial charge in [0.25, 0.3) is 0 Å². The van der Waals surface area contributed by atoms with Crippen molar-refractivity contribution < 1.29 is 9.59 Å². The van der Waals surface area contributed by atoms with Crippen LogP contribution in [-0.2, 0) is 4.79 Å². The van der Waals surface area contributed by atoms with Crippen molar-refractivity contribution in [3.05, 3.63) is 65.7 Å². The van der Waals surface area contributed by atoms with Crippen LogP contribution in [0.4, 0.5) is 5.69 Å². The number of hydrogen-bond donors (Lipinski definition) is 1. The van der Waals surface area contributed by atoms with Crippen LogP contribution < -0.4 is 5.32 Å². The Balaban J connectivity index is 1.68. The number of amides is 1. The Hall–Kier alpha value is -2.46. The van der Waals surface area contributed by atoms with Gasteiger partial charge in [-0.1, -0.05) is 42.5 Å². The van der Waals surface area contributed by atoms with Crippen molar-refractivity contribution in [3.63, 3.8) is 0 Å². The normalized spacial score (nSPS) is 17.6. The van der Waals surface area contributed by atoms with Gasteiger partial charge in [-0.3, -0.25) is 14.5 Å². The molecule has 1 unspecified atom stereocenters. The number of benzene rings is 2. The van der Waals surface area contributed by atoms with Crippen LogP contribution in [0.15, 0.2) is 54.6 Å². The van der Waals surface area contributed by atoms with Gasteiger partial charge in [-0.2, -0.15) is 0 Å². The molecule has 1 atom stereocenters. The lowest BCUT2D eigenvalue weighted by atomic mass is 10.0. The number of ketones is 1. The van der Waals surface area contributed by atoms with Gasteiger partial charge >= 0.3 is 0 Å². The molecule has 1 aliphatic heterocycles. The second-order valence-electron chi connectivity index (χ2n) is 6.19. The largest absolute Gasteiger partial charge is 0.324 e. The van der Waals surface area contributed by atoms with Crippen LogP contribution in [0.3, 0.4) is 0 Å². The maximum absolute atomic E-state index is 12.5. The number of para-hydroxylation sites is 1. The van der Waals surface area contributed by atoms with Crippen LogP contribution in [0.25, 0.3) is 0 Å². The van der Waals surface area contributed by atoms with Crippen LogP contribution in [0.2, 0.25) is 0 Å². The molecule has 0 bridgehead atoms. The van der Waals surface area contributed by atoms with Crippen LogP contribution in [-0.4, -0.2) is 29.7 Å². The van der Waals surface area contributed by atoms with Gasteiger partial charge in [0.1, 0.15) is 0 Å². The first kappa shape index (κ1) is 16.4. The van der Waals surface area contributed by atoms with Crippen LogP contribution in [0.1, 0.15) is 41.7 Å². The van der Waals surface area contributed by atoms with Crippen molar-refractivity contribution in [1.82, 2.24) is 4.90 Å². The molecule has 1 saturated heterocycles. The van der Waals surface area contributed by atoms with Crippen molar-refractivity contribution in [3.8, 4) is 0 Å². The maximum Gasteiger partial charge on any atom is 0.238 e. The van der Waals surface area contributed by atoms with Gasteiger partial charge in [0.05, 0.1) is 12.2 Å². The third kappa shape index (κ3) is 3.71. The molecular weight excluding hydrogens is 300 g/mol. The molecule has 3 rings (SSSR count). The summed E-state index contributed by atoms with van der Waals surface area (Å²) >= 11 is 0. The van der Waals surface area contributed by atoms with Gasteiger partial charge in [-0.25, -0.2) is 0 Å². The Morgan fingerprint density at radius 1 is 1.08 bits per heavy atom. The Bertz CT molecular complexity index is 727. The first-order valence-corrected chi connectivity index (χ1v) is 8.34. The summed E-state index contributed by atoms with van der Waals surface area (Å²) in [6.07, 6.45) is 2.16. The number of hydrogen-bond acceptors (Lipinski definition) is 3. The number of nitrogens with zero attached hydrogens (tertiary/aromatic N) is 1. The third-order valence-electron chi connectivity index (χ3n) is 4.48. The van der Waals surface area contributed by atoms with Gasteiger partial charge in [-0.15, -0.1) is 0 Å². The fourth-order valence-electron chi connectivity index (χ4n) is 3.34. The molecule has 0 spiro atoms.